The summed E-state index contributed by atoms with van der Waals surface area (Å²) in [5.74, 6) is 0.709. The Morgan fingerprint density at radius 3 is 2.95 bits per heavy atom. The van der Waals surface area contributed by atoms with Gasteiger partial charge in [-0.15, -0.1) is 0 Å². The summed E-state index contributed by atoms with van der Waals surface area (Å²) in [6.45, 7) is 6.23. The molecule has 1 aromatic carbocycles. The van der Waals surface area contributed by atoms with Gasteiger partial charge in [0, 0.05) is 13.1 Å². The van der Waals surface area contributed by atoms with Gasteiger partial charge in [-0.2, -0.15) is 0 Å². The predicted molar refractivity (Wildman–Crippen MR) is 75.3 cm³/mol. The van der Waals surface area contributed by atoms with Gasteiger partial charge in [-0.05, 0) is 26.0 Å². The largest absolute Gasteiger partial charge is 0.439 e. The van der Waals surface area contributed by atoms with Crippen molar-refractivity contribution in [2.45, 2.75) is 32.1 Å². The lowest BCUT2D eigenvalue weighted by molar-refractivity contribution is -0.151. The monoisotopic (exact) mass is 276 g/mol. The quantitative estimate of drug-likeness (QED) is 0.926. The van der Waals surface area contributed by atoms with Gasteiger partial charge < -0.3 is 14.3 Å². The number of aromatic nitrogens is 1. The first-order chi connectivity index (χ1) is 9.55. The lowest BCUT2D eigenvalue weighted by Gasteiger charge is -2.41. The van der Waals surface area contributed by atoms with Gasteiger partial charge in [-0.25, -0.2) is 4.98 Å². The molecule has 1 aliphatic heterocycles. The summed E-state index contributed by atoms with van der Waals surface area (Å²) in [4.78, 5) is 6.71. The summed E-state index contributed by atoms with van der Waals surface area (Å²) in [5.41, 5.74) is 1.43. The molecule has 0 aliphatic carbocycles. The van der Waals surface area contributed by atoms with Gasteiger partial charge in [0.1, 0.15) is 5.52 Å². The molecule has 2 heterocycles. The molecule has 5 heteroatoms. The molecule has 20 heavy (non-hydrogen) atoms. The Bertz CT molecular complexity index is 561. The molecule has 1 aromatic heterocycles. The highest BCUT2D eigenvalue weighted by molar-refractivity contribution is 5.72. The number of morpholine rings is 1. The zero-order chi connectivity index (χ0) is 14.2. The Morgan fingerprint density at radius 2 is 2.20 bits per heavy atom. The second-order valence-electron chi connectivity index (χ2n) is 5.93. The number of para-hydroxylation sites is 2. The van der Waals surface area contributed by atoms with Crippen molar-refractivity contribution in [1.29, 1.82) is 0 Å². The standard InChI is InChI=1S/C15H20N2O3/c1-15(2)10-17(7-11(9-18)20-15)8-14-16-12-5-3-4-6-13(12)19-14/h3-6,11,18H,7-10H2,1-2H3. The maximum atomic E-state index is 9.33. The number of aliphatic hydroxyl groups is 1. The van der Waals surface area contributed by atoms with E-state index in [9.17, 15) is 5.11 Å². The summed E-state index contributed by atoms with van der Waals surface area (Å²) >= 11 is 0. The number of rotatable bonds is 3. The minimum absolute atomic E-state index is 0.0352. The fourth-order valence-electron chi connectivity index (χ4n) is 2.81. The molecule has 1 N–H and O–H groups in total. The van der Waals surface area contributed by atoms with Crippen LogP contribution in [0, 0.1) is 0 Å². The number of ether oxygens (including phenoxy) is 1. The van der Waals surface area contributed by atoms with E-state index in [-0.39, 0.29) is 18.3 Å². The van der Waals surface area contributed by atoms with E-state index >= 15 is 0 Å². The molecule has 2 aromatic rings. The van der Waals surface area contributed by atoms with Gasteiger partial charge in [-0.3, -0.25) is 4.90 Å². The number of nitrogens with zero attached hydrogens (tertiary/aromatic N) is 2. The van der Waals surface area contributed by atoms with Crippen LogP contribution < -0.4 is 0 Å². The third kappa shape index (κ3) is 2.85. The van der Waals surface area contributed by atoms with Crippen molar-refractivity contribution < 1.29 is 14.3 Å². The zero-order valence-electron chi connectivity index (χ0n) is 11.9. The highest BCUT2D eigenvalue weighted by Gasteiger charge is 2.33. The van der Waals surface area contributed by atoms with Gasteiger partial charge in [0.25, 0.3) is 0 Å². The number of aliphatic hydroxyl groups excluding tert-OH is 1. The van der Waals surface area contributed by atoms with Crippen LogP contribution in [0.3, 0.4) is 0 Å². The van der Waals surface area contributed by atoms with Crippen molar-refractivity contribution in [2.75, 3.05) is 19.7 Å². The van der Waals surface area contributed by atoms with Crippen molar-refractivity contribution in [2.24, 2.45) is 0 Å². The third-order valence-electron chi connectivity index (χ3n) is 3.45. The molecule has 1 unspecified atom stereocenters. The van der Waals surface area contributed by atoms with Crippen molar-refractivity contribution in [3.05, 3.63) is 30.2 Å². The molecule has 1 fully saturated rings. The molecule has 108 valence electrons. The van der Waals surface area contributed by atoms with E-state index in [1.807, 2.05) is 38.1 Å². The number of benzene rings is 1. The van der Waals surface area contributed by atoms with Gasteiger partial charge in [0.2, 0.25) is 5.89 Å². The molecule has 3 rings (SSSR count). The maximum Gasteiger partial charge on any atom is 0.209 e. The van der Waals surface area contributed by atoms with E-state index in [4.69, 9.17) is 9.15 Å². The van der Waals surface area contributed by atoms with E-state index in [2.05, 4.69) is 9.88 Å². The van der Waals surface area contributed by atoms with Crippen LogP contribution in [-0.4, -0.2) is 46.4 Å². The summed E-state index contributed by atoms with van der Waals surface area (Å²) < 4.78 is 11.6. The molecule has 0 saturated carbocycles. The van der Waals surface area contributed by atoms with E-state index in [0.717, 1.165) is 17.6 Å². The SMILES string of the molecule is CC1(C)CN(Cc2nc3ccccc3o2)CC(CO)O1. The van der Waals surface area contributed by atoms with E-state index in [1.165, 1.54) is 0 Å². The van der Waals surface area contributed by atoms with Gasteiger partial charge in [0.15, 0.2) is 5.58 Å². The normalized spacial score (nSPS) is 23.2. The lowest BCUT2D eigenvalue weighted by Crippen LogP contribution is -2.53. The summed E-state index contributed by atoms with van der Waals surface area (Å²) in [6.07, 6.45) is -0.150. The highest BCUT2D eigenvalue weighted by Crippen LogP contribution is 2.23. The van der Waals surface area contributed by atoms with Crippen LogP contribution in [0.2, 0.25) is 0 Å². The van der Waals surface area contributed by atoms with Crippen LogP contribution in [-0.2, 0) is 11.3 Å². The molecule has 1 saturated heterocycles. The van der Waals surface area contributed by atoms with E-state index in [0.29, 0.717) is 19.0 Å². The molecule has 0 radical (unpaired) electrons. The summed E-state index contributed by atoms with van der Waals surface area (Å²) in [5, 5.41) is 9.33. The average Bonchev–Trinajstić information content (AvgIpc) is 2.78. The first kappa shape index (κ1) is 13.5. The highest BCUT2D eigenvalue weighted by atomic mass is 16.5. The molecule has 0 spiro atoms. The predicted octanol–water partition coefficient (Wildman–Crippen LogP) is 1.80. The van der Waals surface area contributed by atoms with Crippen LogP contribution in [0.1, 0.15) is 19.7 Å². The number of hydrogen-bond acceptors (Lipinski definition) is 5. The Kier molecular flexibility index (Phi) is 3.50. The Morgan fingerprint density at radius 1 is 1.40 bits per heavy atom. The second kappa shape index (κ2) is 5.16. The summed E-state index contributed by atoms with van der Waals surface area (Å²) in [7, 11) is 0. The van der Waals surface area contributed by atoms with Crippen LogP contribution in [0.25, 0.3) is 11.1 Å². The van der Waals surface area contributed by atoms with E-state index < -0.39 is 0 Å². The lowest BCUT2D eigenvalue weighted by atomic mass is 10.1. The van der Waals surface area contributed by atoms with Crippen LogP contribution in [0.4, 0.5) is 0 Å². The molecular formula is C15H20N2O3. The zero-order valence-corrected chi connectivity index (χ0v) is 11.9. The third-order valence-corrected chi connectivity index (χ3v) is 3.45. The minimum atomic E-state index is -0.266. The van der Waals surface area contributed by atoms with Crippen molar-refractivity contribution in [3.63, 3.8) is 0 Å². The Hall–Kier alpha value is -1.43. The Labute approximate surface area is 118 Å². The molecular weight excluding hydrogens is 256 g/mol. The van der Waals surface area contributed by atoms with Crippen LogP contribution >= 0.6 is 0 Å². The number of fused-ring (bicyclic) bond motifs is 1. The number of oxazole rings is 1. The van der Waals surface area contributed by atoms with Gasteiger partial charge >= 0.3 is 0 Å². The first-order valence-corrected chi connectivity index (χ1v) is 6.91. The van der Waals surface area contributed by atoms with Crippen molar-refractivity contribution >= 4 is 11.1 Å². The maximum absolute atomic E-state index is 9.33. The van der Waals surface area contributed by atoms with Gasteiger partial charge in [0.05, 0.1) is 24.9 Å². The number of hydrogen-bond donors (Lipinski definition) is 1. The topological polar surface area (TPSA) is 58.7 Å². The smallest absolute Gasteiger partial charge is 0.209 e. The molecule has 1 aliphatic rings. The Balaban J connectivity index is 1.76. The first-order valence-electron chi connectivity index (χ1n) is 6.91. The van der Waals surface area contributed by atoms with Gasteiger partial charge in [-0.1, -0.05) is 12.1 Å². The molecule has 5 nitrogen and oxygen atoms in total. The fraction of sp³-hybridized carbons (Fsp3) is 0.533. The van der Waals surface area contributed by atoms with Crippen LogP contribution in [0.5, 0.6) is 0 Å². The fourth-order valence-corrected chi connectivity index (χ4v) is 2.81. The van der Waals surface area contributed by atoms with Crippen LogP contribution in [0.15, 0.2) is 28.7 Å². The van der Waals surface area contributed by atoms with Crippen molar-refractivity contribution in [3.8, 4) is 0 Å². The second-order valence-corrected chi connectivity index (χ2v) is 5.93. The molecule has 1 atom stereocenters. The molecule has 0 amide bonds. The molecule has 0 bridgehead atoms. The van der Waals surface area contributed by atoms with Crippen molar-refractivity contribution in [1.82, 2.24) is 9.88 Å². The summed E-state index contributed by atoms with van der Waals surface area (Å²) in [6, 6.07) is 7.76. The average molecular weight is 276 g/mol. The van der Waals surface area contributed by atoms with E-state index in [1.54, 1.807) is 0 Å². The minimum Gasteiger partial charge on any atom is -0.439 e.